The number of piperidine rings is 1. The van der Waals surface area contributed by atoms with Crippen LogP contribution in [-0.4, -0.2) is 37.5 Å². The molecule has 3 aromatic rings. The molecule has 0 unspecified atom stereocenters. The lowest BCUT2D eigenvalue weighted by Crippen LogP contribution is -2.45. The maximum atomic E-state index is 13.6. The summed E-state index contributed by atoms with van der Waals surface area (Å²) in [5, 5.41) is 0.268. The predicted octanol–water partition coefficient (Wildman–Crippen LogP) is 3.87. The third-order valence-corrected chi connectivity index (χ3v) is 6.67. The van der Waals surface area contributed by atoms with Gasteiger partial charge in [0.2, 0.25) is 15.8 Å². The van der Waals surface area contributed by atoms with Crippen LogP contribution in [0.4, 0.5) is 27.8 Å². The molecule has 1 fully saturated rings. The highest BCUT2D eigenvalue weighted by atomic mass is 32.2. The zero-order valence-electron chi connectivity index (χ0n) is 16.4. The molecule has 1 aliphatic heterocycles. The number of hydrogen-bond acceptors (Lipinski definition) is 5. The Kier molecular flexibility index (Phi) is 5.76. The smallest absolute Gasteiger partial charge is 0.356 e. The number of halogens is 5. The fourth-order valence-corrected chi connectivity index (χ4v) is 4.87. The quantitative estimate of drug-likeness (QED) is 0.584. The molecule has 12 heteroatoms. The van der Waals surface area contributed by atoms with Crippen molar-refractivity contribution in [3.8, 4) is 0 Å². The number of hydrogen-bond donors (Lipinski definition) is 1. The topological polar surface area (TPSA) is 75.2 Å². The van der Waals surface area contributed by atoms with Gasteiger partial charge in [0, 0.05) is 30.6 Å². The van der Waals surface area contributed by atoms with Gasteiger partial charge in [-0.2, -0.15) is 13.2 Å². The van der Waals surface area contributed by atoms with Gasteiger partial charge in [-0.15, -0.1) is 0 Å². The van der Waals surface area contributed by atoms with Gasteiger partial charge in [0.05, 0.1) is 10.4 Å². The van der Waals surface area contributed by atoms with Crippen molar-refractivity contribution in [3.05, 3.63) is 59.9 Å². The highest BCUT2D eigenvalue weighted by molar-refractivity contribution is 7.89. The van der Waals surface area contributed by atoms with Crippen molar-refractivity contribution < 1.29 is 30.4 Å². The predicted molar refractivity (Wildman–Crippen MR) is 106 cm³/mol. The summed E-state index contributed by atoms with van der Waals surface area (Å²) in [4.78, 5) is 8.63. The lowest BCUT2D eigenvalue weighted by molar-refractivity contribution is -0.144. The summed E-state index contributed by atoms with van der Waals surface area (Å²) >= 11 is 0. The third-order valence-electron chi connectivity index (χ3n) is 5.13. The van der Waals surface area contributed by atoms with Gasteiger partial charge in [-0.25, -0.2) is 31.9 Å². The van der Waals surface area contributed by atoms with Gasteiger partial charge in [0.15, 0.2) is 0 Å². The maximum absolute atomic E-state index is 13.6. The highest BCUT2D eigenvalue weighted by Crippen LogP contribution is 2.33. The Hall–Kier alpha value is -2.86. The number of rotatable bonds is 4. The van der Waals surface area contributed by atoms with E-state index in [1.54, 1.807) is 4.90 Å². The van der Waals surface area contributed by atoms with Gasteiger partial charge < -0.3 is 4.90 Å². The Labute approximate surface area is 180 Å². The minimum atomic E-state index is -4.81. The van der Waals surface area contributed by atoms with Crippen LogP contribution in [0.15, 0.2) is 47.4 Å². The van der Waals surface area contributed by atoms with E-state index in [2.05, 4.69) is 14.7 Å². The highest BCUT2D eigenvalue weighted by Gasteiger charge is 2.36. The van der Waals surface area contributed by atoms with Crippen LogP contribution in [0.2, 0.25) is 0 Å². The number of alkyl halides is 3. The average Bonchev–Trinajstić information content (AvgIpc) is 2.72. The van der Waals surface area contributed by atoms with Crippen LogP contribution in [-0.2, 0) is 16.2 Å². The Morgan fingerprint density at radius 1 is 0.938 bits per heavy atom. The standard InChI is InChI=1S/C20H17F5N4O2S/c21-12-1-4-15(5-2-12)32(30,31)28-14-7-9-29(10-8-14)18-16-6-3-13(22)11-17(16)26-19(27-18)20(23,24)25/h1-6,11,14,28H,7-10H2. The first-order chi connectivity index (χ1) is 15.0. The number of anilines is 1. The van der Waals surface area contributed by atoms with Gasteiger partial charge in [0.1, 0.15) is 17.5 Å². The molecule has 2 heterocycles. The molecular weight excluding hydrogens is 455 g/mol. The van der Waals surface area contributed by atoms with E-state index in [0.29, 0.717) is 12.8 Å². The van der Waals surface area contributed by atoms with Crippen molar-refractivity contribution >= 4 is 26.7 Å². The second-order valence-electron chi connectivity index (χ2n) is 7.37. The number of nitrogens with one attached hydrogen (secondary N) is 1. The van der Waals surface area contributed by atoms with Crippen LogP contribution in [0, 0.1) is 11.6 Å². The zero-order valence-corrected chi connectivity index (χ0v) is 17.2. The van der Waals surface area contributed by atoms with E-state index in [4.69, 9.17) is 0 Å². The molecule has 0 atom stereocenters. The summed E-state index contributed by atoms with van der Waals surface area (Å²) in [6.45, 7) is 0.439. The molecular formula is C20H17F5N4O2S. The fourth-order valence-electron chi connectivity index (χ4n) is 3.56. The van der Waals surface area contributed by atoms with Crippen molar-refractivity contribution in [2.75, 3.05) is 18.0 Å². The molecule has 1 aromatic heterocycles. The molecule has 6 nitrogen and oxygen atoms in total. The molecule has 0 amide bonds. The van der Waals surface area contributed by atoms with Gasteiger partial charge in [-0.1, -0.05) is 0 Å². The van der Waals surface area contributed by atoms with Crippen LogP contribution >= 0.6 is 0 Å². The zero-order chi connectivity index (χ0) is 23.1. The minimum Gasteiger partial charge on any atom is -0.356 e. The van der Waals surface area contributed by atoms with E-state index >= 15 is 0 Å². The van der Waals surface area contributed by atoms with E-state index in [1.165, 1.54) is 6.07 Å². The second kappa shape index (κ2) is 8.24. The number of aromatic nitrogens is 2. The first-order valence-electron chi connectivity index (χ1n) is 9.60. The van der Waals surface area contributed by atoms with Gasteiger partial charge in [-0.3, -0.25) is 0 Å². The van der Waals surface area contributed by atoms with E-state index in [-0.39, 0.29) is 34.7 Å². The lowest BCUT2D eigenvalue weighted by atomic mass is 10.1. The van der Waals surface area contributed by atoms with E-state index < -0.39 is 39.7 Å². The average molecular weight is 472 g/mol. The second-order valence-corrected chi connectivity index (χ2v) is 9.08. The molecule has 32 heavy (non-hydrogen) atoms. The van der Waals surface area contributed by atoms with Crippen molar-refractivity contribution in [1.29, 1.82) is 0 Å². The molecule has 0 saturated carbocycles. The third kappa shape index (κ3) is 4.65. The number of fused-ring (bicyclic) bond motifs is 1. The molecule has 0 radical (unpaired) electrons. The first kappa shape index (κ1) is 22.3. The first-order valence-corrected chi connectivity index (χ1v) is 11.1. The Bertz CT molecular complexity index is 1240. The monoisotopic (exact) mass is 472 g/mol. The van der Waals surface area contributed by atoms with Crippen molar-refractivity contribution in [1.82, 2.24) is 14.7 Å². The summed E-state index contributed by atoms with van der Waals surface area (Å²) in [6, 6.07) is 7.27. The summed E-state index contributed by atoms with van der Waals surface area (Å²) in [7, 11) is -3.88. The van der Waals surface area contributed by atoms with Gasteiger partial charge in [-0.05, 0) is 49.2 Å². The van der Waals surface area contributed by atoms with Crippen LogP contribution in [0.3, 0.4) is 0 Å². The molecule has 1 saturated heterocycles. The molecule has 0 bridgehead atoms. The summed E-state index contributed by atoms with van der Waals surface area (Å²) < 4.78 is 93.9. The molecule has 4 rings (SSSR count). The number of sulfonamides is 1. The molecule has 170 valence electrons. The fraction of sp³-hybridized carbons (Fsp3) is 0.300. The normalized spacial score (nSPS) is 16.0. The van der Waals surface area contributed by atoms with E-state index in [1.807, 2.05) is 0 Å². The molecule has 0 spiro atoms. The largest absolute Gasteiger partial charge is 0.451 e. The number of benzene rings is 2. The molecule has 0 aliphatic carbocycles. The van der Waals surface area contributed by atoms with Crippen LogP contribution in [0.5, 0.6) is 0 Å². The molecule has 1 N–H and O–H groups in total. The lowest BCUT2D eigenvalue weighted by Gasteiger charge is -2.33. The van der Waals surface area contributed by atoms with Crippen molar-refractivity contribution in [2.45, 2.75) is 30.0 Å². The Balaban J connectivity index is 1.55. The van der Waals surface area contributed by atoms with Crippen molar-refractivity contribution in [3.63, 3.8) is 0 Å². The Morgan fingerprint density at radius 3 is 2.19 bits per heavy atom. The van der Waals surface area contributed by atoms with E-state index in [0.717, 1.165) is 36.4 Å². The van der Waals surface area contributed by atoms with Crippen LogP contribution < -0.4 is 9.62 Å². The Morgan fingerprint density at radius 2 is 1.56 bits per heavy atom. The SMILES string of the molecule is O=S(=O)(NC1CCN(c2nc(C(F)(F)F)nc3cc(F)ccc23)CC1)c1ccc(F)cc1. The summed E-state index contributed by atoms with van der Waals surface area (Å²) in [5.41, 5.74) is -0.165. The van der Waals surface area contributed by atoms with Gasteiger partial charge in [0.25, 0.3) is 0 Å². The summed E-state index contributed by atoms with van der Waals surface area (Å²) in [5.74, 6) is -2.64. The summed E-state index contributed by atoms with van der Waals surface area (Å²) in [6.07, 6.45) is -4.21. The molecule has 1 aliphatic rings. The van der Waals surface area contributed by atoms with Crippen molar-refractivity contribution in [2.24, 2.45) is 0 Å². The van der Waals surface area contributed by atoms with Gasteiger partial charge >= 0.3 is 6.18 Å². The number of nitrogens with zero attached hydrogens (tertiary/aromatic N) is 3. The van der Waals surface area contributed by atoms with E-state index in [9.17, 15) is 30.4 Å². The maximum Gasteiger partial charge on any atom is 0.451 e. The van der Waals surface area contributed by atoms with Crippen LogP contribution in [0.1, 0.15) is 18.7 Å². The minimum absolute atomic E-state index is 0.0159. The van der Waals surface area contributed by atoms with Crippen LogP contribution in [0.25, 0.3) is 10.9 Å². The molecule has 2 aromatic carbocycles.